The molecule has 0 amide bonds. The van der Waals surface area contributed by atoms with Crippen LogP contribution in [0.15, 0.2) is 28.8 Å². The summed E-state index contributed by atoms with van der Waals surface area (Å²) in [6.07, 6.45) is 0. The Balaban J connectivity index is 2.13. The minimum Gasteiger partial charge on any atom is -0.332 e. The quantitative estimate of drug-likeness (QED) is 0.751. The molecule has 0 saturated heterocycles. The number of hydrogen-bond acceptors (Lipinski definition) is 5. The molecule has 6 nitrogen and oxygen atoms in total. The highest BCUT2D eigenvalue weighted by molar-refractivity contribution is 5.91. The van der Waals surface area contributed by atoms with Gasteiger partial charge in [-0.15, -0.1) is 0 Å². The molecule has 0 radical (unpaired) electrons. The van der Waals surface area contributed by atoms with Gasteiger partial charge in [-0.1, -0.05) is 23.4 Å². The molecule has 0 unspecified atom stereocenters. The fourth-order valence-corrected chi connectivity index (χ4v) is 1.95. The van der Waals surface area contributed by atoms with E-state index in [-0.39, 0.29) is 0 Å². The van der Waals surface area contributed by atoms with Crippen LogP contribution in [0.2, 0.25) is 0 Å². The number of nitrogens with zero attached hydrogens (tertiary/aromatic N) is 4. The predicted molar refractivity (Wildman–Crippen MR) is 66.8 cm³/mol. The third-order valence-electron chi connectivity index (χ3n) is 2.76. The van der Waals surface area contributed by atoms with Gasteiger partial charge in [-0.25, -0.2) is 0 Å². The standard InChI is InChI=1S/C12H13N5O/c1-13-7-10-14-12(18-16-10)11-8-5-3-4-6-9(8)17(2)15-11/h3-6,13H,7H2,1-2H3. The molecule has 18 heavy (non-hydrogen) atoms. The zero-order chi connectivity index (χ0) is 12.5. The first-order valence-corrected chi connectivity index (χ1v) is 5.69. The van der Waals surface area contributed by atoms with Gasteiger partial charge >= 0.3 is 0 Å². The SMILES string of the molecule is CNCc1noc(-c2nn(C)c3ccccc23)n1. The number of aromatic nitrogens is 4. The number of rotatable bonds is 3. The largest absolute Gasteiger partial charge is 0.332 e. The first-order chi connectivity index (χ1) is 8.79. The summed E-state index contributed by atoms with van der Waals surface area (Å²) in [5, 5.41) is 12.3. The Morgan fingerprint density at radius 1 is 1.33 bits per heavy atom. The lowest BCUT2D eigenvalue weighted by atomic mass is 10.2. The first-order valence-electron chi connectivity index (χ1n) is 5.69. The van der Waals surface area contributed by atoms with Crippen LogP contribution in [0, 0.1) is 0 Å². The van der Waals surface area contributed by atoms with Crippen LogP contribution in [-0.2, 0) is 13.6 Å². The number of benzene rings is 1. The third-order valence-corrected chi connectivity index (χ3v) is 2.76. The van der Waals surface area contributed by atoms with E-state index in [0.717, 1.165) is 16.6 Å². The molecule has 3 aromatic rings. The summed E-state index contributed by atoms with van der Waals surface area (Å²) in [6, 6.07) is 7.96. The van der Waals surface area contributed by atoms with Crippen LogP contribution in [0.25, 0.3) is 22.5 Å². The van der Waals surface area contributed by atoms with Crippen molar-refractivity contribution in [2.45, 2.75) is 6.54 Å². The zero-order valence-electron chi connectivity index (χ0n) is 10.2. The highest BCUT2D eigenvalue weighted by Gasteiger charge is 2.16. The Labute approximate surface area is 104 Å². The summed E-state index contributed by atoms with van der Waals surface area (Å²) in [5.41, 5.74) is 1.77. The normalized spacial score (nSPS) is 11.2. The molecular formula is C12H13N5O. The number of fused-ring (bicyclic) bond motifs is 1. The number of hydrogen-bond donors (Lipinski definition) is 1. The Hall–Kier alpha value is -2.21. The van der Waals surface area contributed by atoms with E-state index in [9.17, 15) is 0 Å². The maximum atomic E-state index is 5.25. The summed E-state index contributed by atoms with van der Waals surface area (Å²) in [6.45, 7) is 0.578. The number of nitrogens with one attached hydrogen (secondary N) is 1. The lowest BCUT2D eigenvalue weighted by Crippen LogP contribution is -2.06. The second-order valence-corrected chi connectivity index (χ2v) is 4.04. The van der Waals surface area contributed by atoms with Gasteiger partial charge in [0.05, 0.1) is 12.1 Å². The maximum Gasteiger partial charge on any atom is 0.279 e. The van der Waals surface area contributed by atoms with Gasteiger partial charge in [0.25, 0.3) is 5.89 Å². The molecule has 0 aliphatic rings. The van der Waals surface area contributed by atoms with Crippen molar-refractivity contribution < 1.29 is 4.52 Å². The van der Waals surface area contributed by atoms with Crippen LogP contribution < -0.4 is 5.32 Å². The summed E-state index contributed by atoms with van der Waals surface area (Å²) < 4.78 is 7.06. The van der Waals surface area contributed by atoms with Crippen molar-refractivity contribution in [3.8, 4) is 11.6 Å². The van der Waals surface area contributed by atoms with Crippen LogP contribution in [0.5, 0.6) is 0 Å². The van der Waals surface area contributed by atoms with E-state index in [1.54, 1.807) is 0 Å². The molecule has 1 aromatic carbocycles. The van der Waals surface area contributed by atoms with Gasteiger partial charge < -0.3 is 9.84 Å². The summed E-state index contributed by atoms with van der Waals surface area (Å²) in [5.74, 6) is 1.08. The van der Waals surface area contributed by atoms with E-state index in [1.807, 2.05) is 43.0 Å². The first kappa shape index (κ1) is 10.9. The average molecular weight is 243 g/mol. The van der Waals surface area contributed by atoms with Crippen molar-refractivity contribution in [1.82, 2.24) is 25.2 Å². The molecule has 0 atom stereocenters. The number of aryl methyl sites for hydroxylation is 1. The fraction of sp³-hybridized carbons (Fsp3) is 0.250. The molecular weight excluding hydrogens is 230 g/mol. The molecule has 3 rings (SSSR count). The smallest absolute Gasteiger partial charge is 0.279 e. The highest BCUT2D eigenvalue weighted by Crippen LogP contribution is 2.25. The average Bonchev–Trinajstić information content (AvgIpc) is 2.96. The minimum atomic E-state index is 0.456. The Morgan fingerprint density at radius 3 is 3.00 bits per heavy atom. The van der Waals surface area contributed by atoms with Crippen molar-refractivity contribution in [3.05, 3.63) is 30.1 Å². The van der Waals surface area contributed by atoms with Gasteiger partial charge in [-0.05, 0) is 13.1 Å². The molecule has 6 heteroatoms. The molecule has 1 N–H and O–H groups in total. The van der Waals surface area contributed by atoms with Crippen molar-refractivity contribution in [2.24, 2.45) is 7.05 Å². The maximum absolute atomic E-state index is 5.25. The van der Waals surface area contributed by atoms with E-state index < -0.39 is 0 Å². The Kier molecular flexibility index (Phi) is 2.56. The van der Waals surface area contributed by atoms with E-state index in [1.165, 1.54) is 0 Å². The fourth-order valence-electron chi connectivity index (χ4n) is 1.95. The topological polar surface area (TPSA) is 68.8 Å². The lowest BCUT2D eigenvalue weighted by molar-refractivity contribution is 0.419. The van der Waals surface area contributed by atoms with Crippen LogP contribution >= 0.6 is 0 Å². The minimum absolute atomic E-state index is 0.456. The van der Waals surface area contributed by atoms with Crippen LogP contribution in [-0.4, -0.2) is 27.0 Å². The van der Waals surface area contributed by atoms with E-state index in [4.69, 9.17) is 4.52 Å². The lowest BCUT2D eigenvalue weighted by Gasteiger charge is -1.90. The van der Waals surface area contributed by atoms with Gasteiger partial charge in [-0.2, -0.15) is 10.1 Å². The van der Waals surface area contributed by atoms with Crippen LogP contribution in [0.1, 0.15) is 5.82 Å². The van der Waals surface area contributed by atoms with Crippen molar-refractivity contribution in [3.63, 3.8) is 0 Å². The summed E-state index contributed by atoms with van der Waals surface area (Å²) in [7, 11) is 3.74. The molecule has 0 saturated carbocycles. The van der Waals surface area contributed by atoms with Gasteiger partial charge in [0, 0.05) is 12.4 Å². The molecule has 92 valence electrons. The van der Waals surface area contributed by atoms with Gasteiger partial charge in [-0.3, -0.25) is 4.68 Å². The van der Waals surface area contributed by atoms with Gasteiger partial charge in [0.1, 0.15) is 0 Å². The zero-order valence-corrected chi connectivity index (χ0v) is 10.2. The number of para-hydroxylation sites is 1. The molecule has 0 aliphatic heterocycles. The van der Waals surface area contributed by atoms with Crippen LogP contribution in [0.3, 0.4) is 0 Å². The van der Waals surface area contributed by atoms with E-state index in [0.29, 0.717) is 18.3 Å². The second-order valence-electron chi connectivity index (χ2n) is 4.04. The third kappa shape index (κ3) is 1.67. The monoisotopic (exact) mass is 243 g/mol. The van der Waals surface area contributed by atoms with Crippen LogP contribution in [0.4, 0.5) is 0 Å². The van der Waals surface area contributed by atoms with Gasteiger partial charge in [0.2, 0.25) is 0 Å². The van der Waals surface area contributed by atoms with Crippen molar-refractivity contribution in [1.29, 1.82) is 0 Å². The molecule has 2 aromatic heterocycles. The molecule has 2 heterocycles. The molecule has 0 spiro atoms. The Bertz CT molecular complexity index is 685. The summed E-state index contributed by atoms with van der Waals surface area (Å²) in [4.78, 5) is 4.32. The second kappa shape index (κ2) is 4.23. The summed E-state index contributed by atoms with van der Waals surface area (Å²) >= 11 is 0. The van der Waals surface area contributed by atoms with E-state index >= 15 is 0 Å². The Morgan fingerprint density at radius 2 is 2.17 bits per heavy atom. The van der Waals surface area contributed by atoms with E-state index in [2.05, 4.69) is 20.6 Å². The van der Waals surface area contributed by atoms with Gasteiger partial charge in [0.15, 0.2) is 11.5 Å². The molecule has 0 aliphatic carbocycles. The van der Waals surface area contributed by atoms with Crippen molar-refractivity contribution >= 4 is 10.9 Å². The van der Waals surface area contributed by atoms with Crippen molar-refractivity contribution in [2.75, 3.05) is 7.05 Å². The highest BCUT2D eigenvalue weighted by atomic mass is 16.5. The molecule has 0 bridgehead atoms. The predicted octanol–water partition coefficient (Wildman–Crippen LogP) is 1.34. The molecule has 0 fully saturated rings.